The molecule has 16 heavy (non-hydrogen) atoms. The summed E-state index contributed by atoms with van der Waals surface area (Å²) in [5.41, 5.74) is -0.318. The highest BCUT2D eigenvalue weighted by molar-refractivity contribution is 5.37. The maximum atomic E-state index is 11.8. The SMILES string of the molecule is CC(C)(C)OC=O.FC(F)N1CCNCC1. The molecule has 1 rings (SSSR count). The Bertz CT molecular complexity index is 190. The number of carbonyl (C=O) groups excluding carboxylic acids is 1. The van der Waals surface area contributed by atoms with Gasteiger partial charge in [-0.2, -0.15) is 8.78 Å². The van der Waals surface area contributed by atoms with Gasteiger partial charge in [0.15, 0.2) is 0 Å². The first-order chi connectivity index (χ1) is 7.37. The van der Waals surface area contributed by atoms with Crippen LogP contribution in [0.5, 0.6) is 0 Å². The molecular weight excluding hydrogens is 218 g/mol. The zero-order chi connectivity index (χ0) is 12.6. The highest BCUT2D eigenvalue weighted by atomic mass is 19.3. The summed E-state index contributed by atoms with van der Waals surface area (Å²) in [7, 11) is 0. The van der Waals surface area contributed by atoms with E-state index in [0.29, 0.717) is 32.7 Å². The summed E-state index contributed by atoms with van der Waals surface area (Å²) < 4.78 is 28.2. The van der Waals surface area contributed by atoms with Crippen molar-refractivity contribution in [2.45, 2.75) is 32.9 Å². The molecule has 1 saturated heterocycles. The van der Waals surface area contributed by atoms with Crippen molar-refractivity contribution in [3.8, 4) is 0 Å². The first-order valence-electron chi connectivity index (χ1n) is 5.21. The van der Waals surface area contributed by atoms with Crippen LogP contribution >= 0.6 is 0 Å². The molecule has 0 radical (unpaired) electrons. The predicted octanol–water partition coefficient (Wildman–Crippen LogP) is 1.07. The molecule has 1 aliphatic heterocycles. The van der Waals surface area contributed by atoms with Crippen LogP contribution in [0.4, 0.5) is 8.78 Å². The van der Waals surface area contributed by atoms with Crippen molar-refractivity contribution in [1.82, 2.24) is 10.2 Å². The van der Waals surface area contributed by atoms with Gasteiger partial charge in [0.2, 0.25) is 0 Å². The number of hydrogen-bond donors (Lipinski definition) is 1. The lowest BCUT2D eigenvalue weighted by Gasteiger charge is -2.25. The van der Waals surface area contributed by atoms with Gasteiger partial charge < -0.3 is 10.1 Å². The Labute approximate surface area is 94.9 Å². The number of piperazine rings is 1. The quantitative estimate of drug-likeness (QED) is 0.577. The van der Waals surface area contributed by atoms with E-state index in [1.165, 1.54) is 0 Å². The van der Waals surface area contributed by atoms with E-state index in [1.807, 2.05) is 20.8 Å². The second-order valence-electron chi connectivity index (χ2n) is 4.39. The summed E-state index contributed by atoms with van der Waals surface area (Å²) in [4.78, 5) is 10.8. The minimum absolute atomic E-state index is 0.318. The second kappa shape index (κ2) is 7.51. The van der Waals surface area contributed by atoms with Gasteiger partial charge in [-0.3, -0.25) is 4.79 Å². The average Bonchev–Trinajstić information content (AvgIpc) is 2.18. The normalized spacial score (nSPS) is 17.6. The smallest absolute Gasteiger partial charge is 0.294 e. The van der Waals surface area contributed by atoms with Crippen molar-refractivity contribution in [2.75, 3.05) is 26.2 Å². The van der Waals surface area contributed by atoms with Gasteiger partial charge in [0, 0.05) is 26.2 Å². The standard InChI is InChI=1S/C5H10F2N2.C5H10O2/c6-5(7)9-3-1-8-2-4-9;1-5(2,3)7-4-6/h5,8H,1-4H2;4H,1-3H3. The molecule has 0 saturated carbocycles. The van der Waals surface area contributed by atoms with E-state index in [0.717, 1.165) is 4.90 Å². The molecule has 4 nitrogen and oxygen atoms in total. The van der Waals surface area contributed by atoms with Gasteiger partial charge in [0.1, 0.15) is 5.60 Å². The lowest BCUT2D eigenvalue weighted by Crippen LogP contribution is -2.45. The monoisotopic (exact) mass is 238 g/mol. The van der Waals surface area contributed by atoms with E-state index >= 15 is 0 Å². The Morgan fingerprint density at radius 1 is 1.31 bits per heavy atom. The van der Waals surface area contributed by atoms with Gasteiger partial charge in [0.05, 0.1) is 0 Å². The van der Waals surface area contributed by atoms with Crippen molar-refractivity contribution in [3.63, 3.8) is 0 Å². The summed E-state index contributed by atoms with van der Waals surface area (Å²) in [6, 6.07) is 0. The molecule has 0 atom stereocenters. The number of alkyl halides is 2. The largest absolute Gasteiger partial charge is 0.462 e. The molecule has 0 unspecified atom stereocenters. The van der Waals surface area contributed by atoms with Gasteiger partial charge in [0.25, 0.3) is 13.0 Å². The molecule has 1 aliphatic rings. The van der Waals surface area contributed by atoms with Gasteiger partial charge in [-0.15, -0.1) is 0 Å². The molecule has 1 N–H and O–H groups in total. The number of nitrogens with zero attached hydrogens (tertiary/aromatic N) is 1. The van der Waals surface area contributed by atoms with Crippen molar-refractivity contribution >= 4 is 6.47 Å². The molecule has 0 aromatic heterocycles. The molecule has 0 bridgehead atoms. The van der Waals surface area contributed by atoms with Gasteiger partial charge in [-0.05, 0) is 20.8 Å². The number of ether oxygens (including phenoxy) is 1. The van der Waals surface area contributed by atoms with Crippen LogP contribution in [-0.4, -0.2) is 49.7 Å². The summed E-state index contributed by atoms with van der Waals surface area (Å²) in [5.74, 6) is 0. The number of nitrogens with one attached hydrogen (secondary N) is 1. The molecule has 0 aromatic carbocycles. The van der Waals surface area contributed by atoms with Crippen molar-refractivity contribution in [3.05, 3.63) is 0 Å². The van der Waals surface area contributed by atoms with Crippen LogP contribution in [-0.2, 0) is 9.53 Å². The Morgan fingerprint density at radius 3 is 2.00 bits per heavy atom. The molecule has 0 aromatic rings. The third-order valence-corrected chi connectivity index (χ3v) is 1.83. The zero-order valence-corrected chi connectivity index (χ0v) is 10.0. The maximum Gasteiger partial charge on any atom is 0.294 e. The van der Waals surface area contributed by atoms with Crippen LogP contribution in [0.25, 0.3) is 0 Å². The first-order valence-corrected chi connectivity index (χ1v) is 5.21. The highest BCUT2D eigenvalue weighted by Crippen LogP contribution is 2.03. The van der Waals surface area contributed by atoms with Crippen LogP contribution in [0.3, 0.4) is 0 Å². The number of hydrogen-bond acceptors (Lipinski definition) is 4. The van der Waals surface area contributed by atoms with Crippen LogP contribution in [0.1, 0.15) is 20.8 Å². The first kappa shape index (κ1) is 15.2. The molecule has 0 amide bonds. The minimum Gasteiger partial charge on any atom is -0.462 e. The number of carbonyl (C=O) groups is 1. The molecule has 1 heterocycles. The average molecular weight is 238 g/mol. The molecule has 1 fully saturated rings. The van der Waals surface area contributed by atoms with Crippen LogP contribution in [0.2, 0.25) is 0 Å². The highest BCUT2D eigenvalue weighted by Gasteiger charge is 2.17. The Balaban J connectivity index is 0.000000293. The van der Waals surface area contributed by atoms with Crippen LogP contribution in [0.15, 0.2) is 0 Å². The topological polar surface area (TPSA) is 41.6 Å². The van der Waals surface area contributed by atoms with Gasteiger partial charge in [-0.25, -0.2) is 4.90 Å². The Hall–Kier alpha value is -0.750. The fourth-order valence-corrected chi connectivity index (χ4v) is 1.02. The molecule has 6 heteroatoms. The van der Waals surface area contributed by atoms with Gasteiger partial charge >= 0.3 is 0 Å². The van der Waals surface area contributed by atoms with E-state index in [1.54, 1.807) is 0 Å². The lowest BCUT2D eigenvalue weighted by atomic mass is 10.2. The molecule has 0 aliphatic carbocycles. The second-order valence-corrected chi connectivity index (χ2v) is 4.39. The summed E-state index contributed by atoms with van der Waals surface area (Å²) in [5, 5.41) is 2.99. The van der Waals surface area contributed by atoms with E-state index in [-0.39, 0.29) is 5.60 Å². The van der Waals surface area contributed by atoms with Crippen LogP contribution < -0.4 is 5.32 Å². The summed E-state index contributed by atoms with van der Waals surface area (Å²) >= 11 is 0. The fourth-order valence-electron chi connectivity index (χ4n) is 1.02. The van der Waals surface area contributed by atoms with E-state index in [9.17, 15) is 13.6 Å². The third-order valence-electron chi connectivity index (χ3n) is 1.83. The van der Waals surface area contributed by atoms with Gasteiger partial charge in [-0.1, -0.05) is 0 Å². The summed E-state index contributed by atoms with van der Waals surface area (Å²) in [6.45, 7) is 5.96. The zero-order valence-electron chi connectivity index (χ0n) is 10.0. The van der Waals surface area contributed by atoms with Crippen LogP contribution in [0, 0.1) is 0 Å². The number of halogens is 2. The Kier molecular flexibility index (Phi) is 7.16. The lowest BCUT2D eigenvalue weighted by molar-refractivity contribution is -0.138. The van der Waals surface area contributed by atoms with E-state index in [2.05, 4.69) is 10.1 Å². The third kappa shape index (κ3) is 8.55. The van der Waals surface area contributed by atoms with Crippen molar-refractivity contribution in [2.24, 2.45) is 0 Å². The fraction of sp³-hybridized carbons (Fsp3) is 0.900. The minimum atomic E-state index is -2.27. The van der Waals surface area contributed by atoms with Crippen molar-refractivity contribution in [1.29, 1.82) is 0 Å². The molecule has 96 valence electrons. The number of rotatable bonds is 2. The Morgan fingerprint density at radius 2 is 1.81 bits per heavy atom. The molecule has 0 spiro atoms. The van der Waals surface area contributed by atoms with E-state index in [4.69, 9.17) is 0 Å². The van der Waals surface area contributed by atoms with E-state index < -0.39 is 6.55 Å². The predicted molar refractivity (Wildman–Crippen MR) is 57.3 cm³/mol. The van der Waals surface area contributed by atoms with Crippen molar-refractivity contribution < 1.29 is 18.3 Å². The molecular formula is C10H20F2N2O2. The maximum absolute atomic E-state index is 11.8. The summed E-state index contributed by atoms with van der Waals surface area (Å²) in [6.07, 6.45) is 0.